The number of fused-ring (bicyclic) bond motifs is 2. The predicted molar refractivity (Wildman–Crippen MR) is 52.4 cm³/mol. The third-order valence-corrected chi connectivity index (χ3v) is 3.13. The van der Waals surface area contributed by atoms with Gasteiger partial charge in [0.25, 0.3) is 0 Å². The third kappa shape index (κ3) is 1.71. The molecule has 3 heteroatoms. The molecule has 2 heterocycles. The van der Waals surface area contributed by atoms with Gasteiger partial charge in [-0.05, 0) is 12.8 Å². The van der Waals surface area contributed by atoms with E-state index in [0.29, 0.717) is 6.04 Å². The average molecular weight is 182 g/mol. The molecule has 2 aliphatic rings. The Kier molecular flexibility index (Phi) is 2.56. The van der Waals surface area contributed by atoms with Crippen molar-refractivity contribution in [3.05, 3.63) is 12.3 Å². The smallest absolute Gasteiger partial charge is 0.0558 e. The summed E-state index contributed by atoms with van der Waals surface area (Å²) in [5.74, 6) is 0. The highest BCUT2D eigenvalue weighted by molar-refractivity contribution is 5.05. The lowest BCUT2D eigenvalue weighted by Gasteiger charge is -2.47. The summed E-state index contributed by atoms with van der Waals surface area (Å²) in [6.45, 7) is 8.40. The van der Waals surface area contributed by atoms with Crippen molar-refractivity contribution in [2.24, 2.45) is 0 Å². The third-order valence-electron chi connectivity index (χ3n) is 3.13. The highest BCUT2D eigenvalue weighted by atomic mass is 16.3. The van der Waals surface area contributed by atoms with Gasteiger partial charge < -0.3 is 10.0 Å². The molecule has 1 unspecified atom stereocenters. The molecule has 0 radical (unpaired) electrons. The Balaban J connectivity index is 2.01. The summed E-state index contributed by atoms with van der Waals surface area (Å²) in [7, 11) is 0. The van der Waals surface area contributed by atoms with Crippen LogP contribution in [-0.4, -0.2) is 53.7 Å². The van der Waals surface area contributed by atoms with Crippen LogP contribution in [0.25, 0.3) is 0 Å². The highest BCUT2D eigenvalue weighted by Gasteiger charge is 2.30. The molecule has 0 aromatic carbocycles. The summed E-state index contributed by atoms with van der Waals surface area (Å²) in [6.07, 6.45) is 2.55. The molecule has 0 amide bonds. The lowest BCUT2D eigenvalue weighted by molar-refractivity contribution is 0.0597. The van der Waals surface area contributed by atoms with Crippen LogP contribution in [0.15, 0.2) is 12.3 Å². The fourth-order valence-corrected chi connectivity index (χ4v) is 2.39. The number of aliphatic hydroxyl groups excluding tert-OH is 1. The first-order chi connectivity index (χ1) is 6.31. The Labute approximate surface area is 79.6 Å². The zero-order valence-corrected chi connectivity index (χ0v) is 8.08. The molecule has 2 rings (SSSR count). The van der Waals surface area contributed by atoms with Crippen molar-refractivity contribution in [1.29, 1.82) is 0 Å². The van der Waals surface area contributed by atoms with Crippen molar-refractivity contribution in [3.63, 3.8) is 0 Å². The minimum Gasteiger partial charge on any atom is -0.395 e. The maximum atomic E-state index is 8.92. The Morgan fingerprint density at radius 2 is 2.38 bits per heavy atom. The van der Waals surface area contributed by atoms with Crippen molar-refractivity contribution >= 4 is 0 Å². The van der Waals surface area contributed by atoms with Crippen molar-refractivity contribution in [2.45, 2.75) is 18.9 Å². The van der Waals surface area contributed by atoms with E-state index in [1.807, 2.05) is 0 Å². The summed E-state index contributed by atoms with van der Waals surface area (Å²) < 4.78 is 0. The molecule has 0 saturated carbocycles. The summed E-state index contributed by atoms with van der Waals surface area (Å²) >= 11 is 0. The number of piperidine rings is 1. The van der Waals surface area contributed by atoms with Gasteiger partial charge in [-0.15, -0.1) is 0 Å². The number of nitrogens with zero attached hydrogens (tertiary/aromatic N) is 2. The van der Waals surface area contributed by atoms with Gasteiger partial charge >= 0.3 is 0 Å². The Morgan fingerprint density at radius 1 is 1.54 bits per heavy atom. The van der Waals surface area contributed by atoms with Gasteiger partial charge in [0.05, 0.1) is 6.61 Å². The van der Waals surface area contributed by atoms with Gasteiger partial charge in [0.15, 0.2) is 0 Å². The molecule has 2 fully saturated rings. The van der Waals surface area contributed by atoms with Crippen molar-refractivity contribution < 1.29 is 5.11 Å². The topological polar surface area (TPSA) is 26.7 Å². The molecule has 0 aromatic rings. The maximum absolute atomic E-state index is 8.92. The number of rotatable bonds is 2. The van der Waals surface area contributed by atoms with E-state index in [-0.39, 0.29) is 6.61 Å². The van der Waals surface area contributed by atoms with Crippen LogP contribution in [0.1, 0.15) is 12.8 Å². The van der Waals surface area contributed by atoms with Crippen LogP contribution in [0.2, 0.25) is 0 Å². The number of β-amino-alcohol motifs (C(OH)–C–C–N with tert-alkyl or cyclic N) is 1. The number of hydrogen-bond acceptors (Lipinski definition) is 3. The molecule has 13 heavy (non-hydrogen) atoms. The summed E-state index contributed by atoms with van der Waals surface area (Å²) in [5, 5.41) is 8.92. The Hall–Kier alpha value is -0.540. The van der Waals surface area contributed by atoms with Crippen LogP contribution >= 0.6 is 0 Å². The molecule has 2 bridgehead atoms. The van der Waals surface area contributed by atoms with E-state index in [1.165, 1.54) is 25.1 Å². The van der Waals surface area contributed by atoms with Crippen LogP contribution in [0, 0.1) is 0 Å². The van der Waals surface area contributed by atoms with Crippen LogP contribution in [0.5, 0.6) is 0 Å². The second kappa shape index (κ2) is 3.68. The van der Waals surface area contributed by atoms with Crippen molar-refractivity contribution in [1.82, 2.24) is 9.80 Å². The van der Waals surface area contributed by atoms with Gasteiger partial charge in [-0.1, -0.05) is 6.58 Å². The largest absolute Gasteiger partial charge is 0.395 e. The Bertz CT molecular complexity index is 205. The molecule has 0 spiro atoms. The van der Waals surface area contributed by atoms with Crippen LogP contribution < -0.4 is 0 Å². The van der Waals surface area contributed by atoms with Gasteiger partial charge in [-0.2, -0.15) is 0 Å². The number of hydrogen-bond donors (Lipinski definition) is 1. The van der Waals surface area contributed by atoms with Crippen molar-refractivity contribution in [2.75, 3.05) is 32.8 Å². The zero-order chi connectivity index (χ0) is 9.26. The fraction of sp³-hybridized carbons (Fsp3) is 0.800. The van der Waals surface area contributed by atoms with E-state index in [1.54, 1.807) is 0 Å². The summed E-state index contributed by atoms with van der Waals surface area (Å²) in [5.41, 5.74) is 1.23. The molecular formula is C10H18N2O. The van der Waals surface area contributed by atoms with Gasteiger partial charge in [0.2, 0.25) is 0 Å². The monoisotopic (exact) mass is 182 g/mol. The molecule has 1 N–H and O–H groups in total. The van der Waals surface area contributed by atoms with E-state index in [4.69, 9.17) is 5.11 Å². The van der Waals surface area contributed by atoms with E-state index in [9.17, 15) is 0 Å². The second-order valence-corrected chi connectivity index (χ2v) is 4.00. The standard InChI is InChI=1S/C10H18N2O/c1-9-7-12(5-6-13)10-3-2-4-11(9)8-10/h10,13H,1-8H2. The zero-order valence-electron chi connectivity index (χ0n) is 8.08. The van der Waals surface area contributed by atoms with Crippen LogP contribution in [0.3, 0.4) is 0 Å². The Morgan fingerprint density at radius 3 is 3.15 bits per heavy atom. The molecule has 2 saturated heterocycles. The van der Waals surface area contributed by atoms with Crippen LogP contribution in [-0.2, 0) is 0 Å². The van der Waals surface area contributed by atoms with E-state index < -0.39 is 0 Å². The lowest BCUT2D eigenvalue weighted by Crippen LogP contribution is -2.55. The van der Waals surface area contributed by atoms with E-state index in [0.717, 1.165) is 19.6 Å². The minimum absolute atomic E-state index is 0.268. The number of aliphatic hydroxyl groups is 1. The van der Waals surface area contributed by atoms with Crippen molar-refractivity contribution in [3.8, 4) is 0 Å². The maximum Gasteiger partial charge on any atom is 0.0558 e. The quantitative estimate of drug-likeness (QED) is 0.664. The second-order valence-electron chi connectivity index (χ2n) is 4.00. The number of piperazine rings is 1. The molecule has 1 atom stereocenters. The first-order valence-electron chi connectivity index (χ1n) is 5.09. The van der Waals surface area contributed by atoms with Gasteiger partial charge in [0, 0.05) is 37.9 Å². The van der Waals surface area contributed by atoms with Gasteiger partial charge in [0.1, 0.15) is 0 Å². The first-order valence-corrected chi connectivity index (χ1v) is 5.09. The molecule has 74 valence electrons. The minimum atomic E-state index is 0.268. The predicted octanol–water partition coefficient (Wildman–Crippen LogP) is 0.272. The summed E-state index contributed by atoms with van der Waals surface area (Å²) in [6, 6.07) is 0.659. The van der Waals surface area contributed by atoms with Gasteiger partial charge in [-0.25, -0.2) is 0 Å². The lowest BCUT2D eigenvalue weighted by atomic mass is 10.00. The normalized spacial score (nSPS) is 29.5. The van der Waals surface area contributed by atoms with Crippen LogP contribution in [0.4, 0.5) is 0 Å². The molecular weight excluding hydrogens is 164 g/mol. The molecule has 3 nitrogen and oxygen atoms in total. The average Bonchev–Trinajstić information content (AvgIpc) is 2.16. The van der Waals surface area contributed by atoms with E-state index >= 15 is 0 Å². The fourth-order valence-electron chi connectivity index (χ4n) is 2.39. The summed E-state index contributed by atoms with van der Waals surface area (Å²) in [4.78, 5) is 4.75. The van der Waals surface area contributed by atoms with E-state index in [2.05, 4.69) is 16.4 Å². The molecule has 0 aromatic heterocycles. The molecule has 0 aliphatic carbocycles. The first kappa shape index (κ1) is 9.03. The van der Waals surface area contributed by atoms with Gasteiger partial charge in [-0.3, -0.25) is 4.90 Å². The molecule has 2 aliphatic heterocycles. The SMILES string of the molecule is C=C1CN(CCO)C2CCCN1C2. The highest BCUT2D eigenvalue weighted by Crippen LogP contribution is 2.24.